The molecule has 0 aliphatic carbocycles. The van der Waals surface area contributed by atoms with Gasteiger partial charge in [-0.05, 0) is 55.4 Å². The second-order valence-corrected chi connectivity index (χ2v) is 10.3. The van der Waals surface area contributed by atoms with Gasteiger partial charge in [-0.25, -0.2) is 0 Å². The lowest BCUT2D eigenvalue weighted by Crippen LogP contribution is -2.40. The number of nitrogens with one attached hydrogen (secondary N) is 2. The van der Waals surface area contributed by atoms with Crippen molar-refractivity contribution in [3.8, 4) is 0 Å². The predicted molar refractivity (Wildman–Crippen MR) is 165 cm³/mol. The van der Waals surface area contributed by atoms with E-state index in [4.69, 9.17) is 44.0 Å². The first-order chi connectivity index (χ1) is 17.0. The minimum Gasteiger partial charge on any atom is -0.481 e. The Morgan fingerprint density at radius 1 is 0.585 bits per heavy atom. The molecule has 0 rings (SSSR count). The van der Waals surface area contributed by atoms with Crippen LogP contribution in [-0.2, 0) is 9.59 Å². The van der Waals surface area contributed by atoms with Crippen molar-refractivity contribution in [2.24, 2.45) is 53.4 Å². The van der Waals surface area contributed by atoms with Gasteiger partial charge in [0.05, 0.1) is 25.9 Å². The Bertz CT molecular complexity index is 917. The number of rotatable bonds is 14. The van der Waals surface area contributed by atoms with Gasteiger partial charge in [-0.2, -0.15) is 20.5 Å². The number of hydrogen-bond acceptors (Lipinski definition) is 10. The summed E-state index contributed by atoms with van der Waals surface area (Å²) in [5, 5.41) is 47.8. The zero-order chi connectivity index (χ0) is 30.5. The normalized spacial score (nSPS) is 12.8. The van der Waals surface area contributed by atoms with Gasteiger partial charge in [0, 0.05) is 0 Å². The second kappa shape index (κ2) is 19.6. The van der Waals surface area contributed by atoms with Crippen molar-refractivity contribution in [2.45, 2.75) is 90.4 Å². The third kappa shape index (κ3) is 20.1. The molecule has 0 heterocycles. The van der Waals surface area contributed by atoms with Crippen LogP contribution in [0.15, 0.2) is 30.4 Å². The maximum atomic E-state index is 10.5. The highest BCUT2D eigenvalue weighted by molar-refractivity contribution is 5.91. The number of carboxylic acid groups (broad SMARTS) is 2. The lowest BCUT2D eigenvalue weighted by Gasteiger charge is -2.22. The molecule has 0 aromatic heterocycles. The highest BCUT2D eigenvalue weighted by atomic mass is 35.5. The summed E-state index contributed by atoms with van der Waals surface area (Å²) in [6.45, 7) is 13.6. The van der Waals surface area contributed by atoms with E-state index < -0.39 is 34.1 Å². The Hall–Kier alpha value is -3.44. The molecule has 0 saturated carbocycles. The Balaban J connectivity index is -0.000000220. The van der Waals surface area contributed by atoms with Crippen molar-refractivity contribution in [3.63, 3.8) is 0 Å². The van der Waals surface area contributed by atoms with Crippen molar-refractivity contribution >= 4 is 60.1 Å². The van der Waals surface area contributed by atoms with Crippen LogP contribution in [-0.4, -0.2) is 86.2 Å². The van der Waals surface area contributed by atoms with Gasteiger partial charge in [0.15, 0.2) is 0 Å². The van der Waals surface area contributed by atoms with Crippen molar-refractivity contribution in [2.75, 3.05) is 13.1 Å². The number of carbonyl (C=O) groups is 2. The van der Waals surface area contributed by atoms with Crippen LogP contribution in [0, 0.1) is 10.8 Å². The van der Waals surface area contributed by atoms with Crippen LogP contribution in [0.4, 0.5) is 0 Å². The Labute approximate surface area is 253 Å². The third-order valence-corrected chi connectivity index (χ3v) is 4.89. The zero-order valence-electron chi connectivity index (χ0n) is 24.8. The van der Waals surface area contributed by atoms with Crippen LogP contribution in [0.3, 0.4) is 0 Å². The summed E-state index contributed by atoms with van der Waals surface area (Å²) in [5.41, 5.74) is 18.8. The van der Waals surface area contributed by atoms with Crippen molar-refractivity contribution in [1.29, 1.82) is 10.8 Å². The monoisotopic (exact) mass is 630 g/mol. The lowest BCUT2D eigenvalue weighted by molar-refractivity contribution is -0.137. The number of nitrogens with zero attached hydrogens (tertiary/aromatic N) is 6. The van der Waals surface area contributed by atoms with Gasteiger partial charge in [0.25, 0.3) is 0 Å². The molecular formula is C22H48Cl2N12O5. The molecule has 14 N–H and O–H groups in total. The molecule has 0 spiro atoms. The highest BCUT2D eigenvalue weighted by Gasteiger charge is 2.27. The van der Waals surface area contributed by atoms with E-state index in [0.717, 1.165) is 0 Å². The summed E-state index contributed by atoms with van der Waals surface area (Å²) < 4.78 is 0. The molecule has 41 heavy (non-hydrogen) atoms. The van der Waals surface area contributed by atoms with E-state index in [2.05, 4.69) is 30.4 Å². The molecule has 17 nitrogen and oxygen atoms in total. The number of azo groups is 2. The topological polar surface area (TPSA) is 332 Å². The molecule has 0 aliphatic heterocycles. The van der Waals surface area contributed by atoms with Crippen molar-refractivity contribution < 1.29 is 25.3 Å². The van der Waals surface area contributed by atoms with E-state index in [-0.39, 0.29) is 79.6 Å². The first kappa shape index (κ1) is 47.4. The number of carboxylic acids is 2. The summed E-state index contributed by atoms with van der Waals surface area (Å²) in [6.07, 6.45) is -0.245. The smallest absolute Gasteiger partial charge is 0.305 e. The summed E-state index contributed by atoms with van der Waals surface area (Å²) in [4.78, 5) is 28.9. The number of amidine groups is 4. The van der Waals surface area contributed by atoms with Gasteiger partial charge in [-0.1, -0.05) is 0 Å². The standard InChI is InChI=1S/C14H26N6O4.C8H18N6.2ClH.H2O/c1-13(2,11(15)17-7-5-9(21)22)19-20-14(3,4)12(16)18-8-6-10(23)24;1-7(2,5(9)10)13-14-8(3,4)6(11)12;;;/h5-8H2,1-4H3,(H2,15,17)(H2,16,18)(H,21,22)(H,23,24);1-4H3,(H3,9,10)(H3,11,12);2*1H;1H2. The molecular weight excluding hydrogens is 583 g/mol. The van der Waals surface area contributed by atoms with Crippen LogP contribution in [0.25, 0.3) is 0 Å². The number of aliphatic carboxylic acids is 2. The largest absolute Gasteiger partial charge is 0.481 e. The van der Waals surface area contributed by atoms with Gasteiger partial charge in [-0.3, -0.25) is 30.4 Å². The first-order valence-electron chi connectivity index (χ1n) is 11.6. The van der Waals surface area contributed by atoms with Crippen LogP contribution < -0.4 is 22.9 Å². The van der Waals surface area contributed by atoms with E-state index >= 15 is 0 Å². The third-order valence-electron chi connectivity index (χ3n) is 4.89. The highest BCUT2D eigenvalue weighted by Crippen LogP contribution is 2.17. The summed E-state index contributed by atoms with van der Waals surface area (Å²) in [7, 11) is 0. The average molecular weight is 632 g/mol. The van der Waals surface area contributed by atoms with Crippen LogP contribution in [0.5, 0.6) is 0 Å². The van der Waals surface area contributed by atoms with E-state index in [9.17, 15) is 9.59 Å². The number of hydrogen-bond donors (Lipinski definition) is 8. The van der Waals surface area contributed by atoms with Crippen LogP contribution >= 0.6 is 24.8 Å². The van der Waals surface area contributed by atoms with E-state index in [1.807, 2.05) is 0 Å². The Morgan fingerprint density at radius 2 is 0.805 bits per heavy atom. The van der Waals surface area contributed by atoms with E-state index in [1.54, 1.807) is 55.4 Å². The average Bonchev–Trinajstić information content (AvgIpc) is 2.76. The molecule has 0 aromatic carbocycles. The summed E-state index contributed by atoms with van der Waals surface area (Å²) in [6, 6.07) is 0. The fraction of sp³-hybridized carbons (Fsp3) is 0.727. The molecule has 0 fully saturated rings. The maximum Gasteiger partial charge on any atom is 0.305 e. The summed E-state index contributed by atoms with van der Waals surface area (Å²) >= 11 is 0. The molecule has 0 amide bonds. The zero-order valence-corrected chi connectivity index (χ0v) is 26.5. The molecule has 0 atom stereocenters. The number of halogens is 2. The fourth-order valence-electron chi connectivity index (χ4n) is 1.64. The van der Waals surface area contributed by atoms with Crippen LogP contribution in [0.2, 0.25) is 0 Å². The molecule has 0 unspecified atom stereocenters. The molecule has 0 saturated heterocycles. The van der Waals surface area contributed by atoms with Gasteiger partial charge in [0.1, 0.15) is 45.5 Å². The molecule has 19 heteroatoms. The number of aliphatic imine (C=N–C) groups is 2. The van der Waals surface area contributed by atoms with Gasteiger partial charge in [-0.15, -0.1) is 24.8 Å². The van der Waals surface area contributed by atoms with Gasteiger partial charge < -0.3 is 38.6 Å². The predicted octanol–water partition coefficient (Wildman–Crippen LogP) is 1.55. The van der Waals surface area contributed by atoms with Crippen molar-refractivity contribution in [3.05, 3.63) is 0 Å². The molecule has 0 radical (unpaired) electrons. The van der Waals surface area contributed by atoms with Gasteiger partial charge >= 0.3 is 11.9 Å². The minimum atomic E-state index is -0.961. The lowest BCUT2D eigenvalue weighted by atomic mass is 10.0. The Morgan fingerprint density at radius 3 is 1.00 bits per heavy atom. The van der Waals surface area contributed by atoms with E-state index in [1.165, 1.54) is 0 Å². The molecule has 240 valence electrons. The van der Waals surface area contributed by atoms with Crippen molar-refractivity contribution in [1.82, 2.24) is 0 Å². The minimum absolute atomic E-state index is 0. The Kier molecular flexibility index (Phi) is 22.6. The molecule has 0 aromatic rings. The SMILES string of the molecule is CC(C)(N=NC(C)(C)C(=N)N)C(=N)N.CC(C)(N=NC(C)(C)C(N)=NCCC(=O)O)C(N)=NCCC(=O)O.Cl.Cl.O. The summed E-state index contributed by atoms with van der Waals surface area (Å²) in [5.74, 6) is -1.74. The van der Waals surface area contributed by atoms with Crippen LogP contribution in [0.1, 0.15) is 68.2 Å². The second-order valence-electron chi connectivity index (χ2n) is 10.3. The quantitative estimate of drug-likeness (QED) is 0.0787. The van der Waals surface area contributed by atoms with E-state index in [0.29, 0.717) is 0 Å². The molecule has 0 aliphatic rings. The fourth-order valence-corrected chi connectivity index (χ4v) is 1.64. The number of nitrogens with two attached hydrogens (primary N) is 4. The molecule has 0 bridgehead atoms. The first-order valence-corrected chi connectivity index (χ1v) is 11.6. The van der Waals surface area contributed by atoms with Gasteiger partial charge in [0.2, 0.25) is 0 Å². The maximum absolute atomic E-state index is 10.5.